The minimum Gasteiger partial charge on any atom is -0.497 e. The number of ether oxygens (including phenoxy) is 1. The topological polar surface area (TPSA) is 90.8 Å². The molecule has 0 fully saturated rings. The smallest absolute Gasteiger partial charge is 0.330 e. The number of benzene rings is 2. The number of aliphatic hydroxyl groups is 1. The largest absolute Gasteiger partial charge is 0.497 e. The van der Waals surface area contributed by atoms with Crippen LogP contribution in [-0.4, -0.2) is 40.9 Å². The lowest BCUT2D eigenvalue weighted by Crippen LogP contribution is -2.53. The molecule has 166 valence electrons. The van der Waals surface area contributed by atoms with Crippen molar-refractivity contribution in [3.8, 4) is 5.75 Å². The number of methoxy groups -OCH3 is 1. The van der Waals surface area contributed by atoms with Crippen molar-refractivity contribution < 1.29 is 23.4 Å². The Bertz CT molecular complexity index is 1140. The van der Waals surface area contributed by atoms with E-state index >= 15 is 0 Å². The summed E-state index contributed by atoms with van der Waals surface area (Å²) in [6.45, 7) is 1.38. The molecule has 2 N–H and O–H groups in total. The summed E-state index contributed by atoms with van der Waals surface area (Å²) in [6, 6.07) is 8.73. The summed E-state index contributed by atoms with van der Waals surface area (Å²) in [5, 5.41) is 12.7. The number of anilines is 4. The summed E-state index contributed by atoms with van der Waals surface area (Å²) < 4.78 is 32.9. The van der Waals surface area contributed by atoms with Crippen molar-refractivity contribution in [2.45, 2.75) is 19.5 Å². The molecule has 1 unspecified atom stereocenters. The average Bonchev–Trinajstić information content (AvgIpc) is 2.80. The summed E-state index contributed by atoms with van der Waals surface area (Å²) in [7, 11) is 1.43. The third kappa shape index (κ3) is 4.04. The van der Waals surface area contributed by atoms with E-state index in [1.54, 1.807) is 13.0 Å². The first-order valence-corrected chi connectivity index (χ1v) is 9.85. The molecular formula is C22H21F2N5O3. The first kappa shape index (κ1) is 21.4. The fourth-order valence-corrected chi connectivity index (χ4v) is 3.40. The molecule has 1 aliphatic heterocycles. The van der Waals surface area contributed by atoms with Crippen LogP contribution in [-0.2, 0) is 6.54 Å². The number of hydrogen-bond acceptors (Lipinski definition) is 6. The van der Waals surface area contributed by atoms with Crippen molar-refractivity contribution in [1.82, 2.24) is 9.97 Å². The number of amides is 2. The van der Waals surface area contributed by atoms with E-state index in [0.29, 0.717) is 22.8 Å². The maximum Gasteiger partial charge on any atom is 0.330 e. The van der Waals surface area contributed by atoms with E-state index in [-0.39, 0.29) is 30.6 Å². The molecule has 0 spiro atoms. The zero-order chi connectivity index (χ0) is 22.8. The first-order chi connectivity index (χ1) is 15.4. The minimum absolute atomic E-state index is 0.0445. The van der Waals surface area contributed by atoms with Gasteiger partial charge in [-0.3, -0.25) is 9.80 Å². The van der Waals surface area contributed by atoms with Crippen molar-refractivity contribution in [2.75, 3.05) is 28.8 Å². The lowest BCUT2D eigenvalue weighted by molar-refractivity contribution is 0.234. The number of rotatable bonds is 6. The fraction of sp³-hybridized carbons (Fsp3) is 0.227. The number of nitrogens with zero attached hydrogens (tertiary/aromatic N) is 4. The molecule has 4 rings (SSSR count). The van der Waals surface area contributed by atoms with Crippen LogP contribution in [0.4, 0.5) is 36.7 Å². The molecule has 1 atom stereocenters. The Morgan fingerprint density at radius 1 is 1.22 bits per heavy atom. The second-order valence-electron chi connectivity index (χ2n) is 7.26. The highest BCUT2D eigenvalue weighted by Crippen LogP contribution is 2.34. The Balaban J connectivity index is 1.71. The van der Waals surface area contributed by atoms with Gasteiger partial charge in [-0.25, -0.2) is 18.6 Å². The minimum atomic E-state index is -0.626. The zero-order valence-corrected chi connectivity index (χ0v) is 17.4. The highest BCUT2D eigenvalue weighted by Gasteiger charge is 2.36. The van der Waals surface area contributed by atoms with Gasteiger partial charge in [0, 0.05) is 23.5 Å². The molecule has 1 aliphatic rings. The maximum atomic E-state index is 14.7. The third-order valence-corrected chi connectivity index (χ3v) is 5.09. The molecule has 0 aliphatic carbocycles. The van der Waals surface area contributed by atoms with Gasteiger partial charge in [0.1, 0.15) is 17.4 Å². The van der Waals surface area contributed by atoms with Crippen molar-refractivity contribution >= 4 is 29.2 Å². The van der Waals surface area contributed by atoms with Gasteiger partial charge in [0.05, 0.1) is 32.0 Å². The van der Waals surface area contributed by atoms with E-state index in [0.717, 1.165) is 0 Å². The monoisotopic (exact) mass is 441 g/mol. The van der Waals surface area contributed by atoms with Crippen LogP contribution in [0.5, 0.6) is 5.75 Å². The normalized spacial score (nSPS) is 14.2. The number of urea groups is 1. The van der Waals surface area contributed by atoms with E-state index in [2.05, 4.69) is 15.3 Å². The lowest BCUT2D eigenvalue weighted by atomic mass is 10.1. The molecule has 0 saturated heterocycles. The van der Waals surface area contributed by atoms with Crippen LogP contribution in [0, 0.1) is 11.6 Å². The van der Waals surface area contributed by atoms with Gasteiger partial charge in [-0.1, -0.05) is 0 Å². The summed E-state index contributed by atoms with van der Waals surface area (Å²) in [6.07, 6.45) is 1.53. The highest BCUT2D eigenvalue weighted by molar-refractivity contribution is 6.06. The van der Waals surface area contributed by atoms with Crippen molar-refractivity contribution in [2.24, 2.45) is 0 Å². The Morgan fingerprint density at radius 2 is 1.97 bits per heavy atom. The van der Waals surface area contributed by atoms with Gasteiger partial charge in [-0.15, -0.1) is 0 Å². The van der Waals surface area contributed by atoms with E-state index < -0.39 is 17.9 Å². The predicted molar refractivity (Wildman–Crippen MR) is 115 cm³/mol. The van der Waals surface area contributed by atoms with Gasteiger partial charge in [0.15, 0.2) is 5.82 Å². The average molecular weight is 441 g/mol. The van der Waals surface area contributed by atoms with Gasteiger partial charge in [-0.05, 0) is 43.3 Å². The Kier molecular flexibility index (Phi) is 5.87. The van der Waals surface area contributed by atoms with Gasteiger partial charge in [-0.2, -0.15) is 4.98 Å². The van der Waals surface area contributed by atoms with E-state index in [9.17, 15) is 18.7 Å². The number of carbonyl (C=O) groups excluding carboxylic acids is 1. The summed E-state index contributed by atoms with van der Waals surface area (Å²) in [4.78, 5) is 24.6. The molecule has 2 aromatic carbocycles. The van der Waals surface area contributed by atoms with Crippen molar-refractivity contribution in [1.29, 1.82) is 0 Å². The highest BCUT2D eigenvalue weighted by atomic mass is 19.1. The molecule has 8 nitrogen and oxygen atoms in total. The Labute approximate surface area is 183 Å². The predicted octanol–water partition coefficient (Wildman–Crippen LogP) is 3.83. The number of halogens is 2. The SMILES string of the molecule is COc1ccc(N2Cc3cnc(Nc4ccc(F)cc4)nc3N(C(C)CO)C2=O)c(F)c1. The summed E-state index contributed by atoms with van der Waals surface area (Å²) >= 11 is 0. The number of aromatic nitrogens is 2. The number of carbonyl (C=O) groups is 1. The molecule has 2 heterocycles. The molecule has 0 radical (unpaired) electrons. The van der Waals surface area contributed by atoms with Gasteiger partial charge in [0.2, 0.25) is 5.95 Å². The molecule has 3 aromatic rings. The fourth-order valence-electron chi connectivity index (χ4n) is 3.40. The van der Waals surface area contributed by atoms with Gasteiger partial charge in [0.25, 0.3) is 0 Å². The standard InChI is InChI=1S/C22H21F2N5O3/c1-13(12-30)29-20-14(10-25-21(27-20)26-16-5-3-15(23)4-6-16)11-28(22(29)31)19-8-7-17(32-2)9-18(19)24/h3-10,13,30H,11-12H2,1-2H3,(H,25,26,27). The van der Waals surface area contributed by atoms with Crippen LogP contribution in [0.25, 0.3) is 0 Å². The van der Waals surface area contributed by atoms with Crippen LogP contribution in [0.15, 0.2) is 48.7 Å². The van der Waals surface area contributed by atoms with E-state index in [4.69, 9.17) is 4.74 Å². The number of aliphatic hydroxyl groups excluding tert-OH is 1. The van der Waals surface area contributed by atoms with Crippen LogP contribution in [0.1, 0.15) is 12.5 Å². The molecule has 0 bridgehead atoms. The maximum absolute atomic E-state index is 14.7. The third-order valence-electron chi connectivity index (χ3n) is 5.09. The number of nitrogens with one attached hydrogen (secondary N) is 1. The summed E-state index contributed by atoms with van der Waals surface area (Å²) in [5.74, 6) is -0.158. The zero-order valence-electron chi connectivity index (χ0n) is 17.4. The van der Waals surface area contributed by atoms with Crippen LogP contribution in [0.2, 0.25) is 0 Å². The number of fused-ring (bicyclic) bond motifs is 1. The van der Waals surface area contributed by atoms with Crippen LogP contribution >= 0.6 is 0 Å². The van der Waals surface area contributed by atoms with Gasteiger partial charge < -0.3 is 15.2 Å². The molecule has 1 aromatic heterocycles. The molecule has 2 amide bonds. The lowest BCUT2D eigenvalue weighted by Gasteiger charge is -2.38. The van der Waals surface area contributed by atoms with Crippen LogP contribution < -0.4 is 19.9 Å². The van der Waals surface area contributed by atoms with E-state index in [1.165, 1.54) is 59.5 Å². The van der Waals surface area contributed by atoms with Crippen molar-refractivity contribution in [3.63, 3.8) is 0 Å². The van der Waals surface area contributed by atoms with Gasteiger partial charge >= 0.3 is 6.03 Å². The molecule has 0 saturated carbocycles. The molecule has 10 heteroatoms. The molecule has 32 heavy (non-hydrogen) atoms. The first-order valence-electron chi connectivity index (χ1n) is 9.85. The molecular weight excluding hydrogens is 420 g/mol. The second-order valence-corrected chi connectivity index (χ2v) is 7.26. The van der Waals surface area contributed by atoms with Crippen molar-refractivity contribution in [3.05, 3.63) is 65.9 Å². The van der Waals surface area contributed by atoms with E-state index in [1.807, 2.05) is 0 Å². The number of hydrogen-bond donors (Lipinski definition) is 2. The Morgan fingerprint density at radius 3 is 2.62 bits per heavy atom. The Hall–Kier alpha value is -3.79. The van der Waals surface area contributed by atoms with Crippen LogP contribution in [0.3, 0.4) is 0 Å². The second kappa shape index (κ2) is 8.75. The quantitative estimate of drug-likeness (QED) is 0.604. The summed E-state index contributed by atoms with van der Waals surface area (Å²) in [5.41, 5.74) is 1.21.